The van der Waals surface area contributed by atoms with Crippen molar-refractivity contribution in [3.8, 4) is 28.3 Å². The van der Waals surface area contributed by atoms with E-state index in [2.05, 4.69) is 32.1 Å². The number of nitrogens with zero attached hydrogens (tertiary/aromatic N) is 6. The van der Waals surface area contributed by atoms with Gasteiger partial charge in [-0.2, -0.15) is 5.10 Å². The summed E-state index contributed by atoms with van der Waals surface area (Å²) in [6.07, 6.45) is 5.75. The summed E-state index contributed by atoms with van der Waals surface area (Å²) in [6, 6.07) is 8.54. The minimum atomic E-state index is -0.412. The molecule has 0 amide bonds. The van der Waals surface area contributed by atoms with Crippen LogP contribution in [-0.4, -0.2) is 43.2 Å². The maximum absolute atomic E-state index is 14.4. The van der Waals surface area contributed by atoms with Crippen LogP contribution >= 0.6 is 0 Å². The zero-order valence-corrected chi connectivity index (χ0v) is 17.5. The number of aromatic nitrogens is 5. The first kappa shape index (κ1) is 19.4. The van der Waals surface area contributed by atoms with E-state index in [1.54, 1.807) is 30.2 Å². The summed E-state index contributed by atoms with van der Waals surface area (Å²) in [5.41, 5.74) is 2.38. The van der Waals surface area contributed by atoms with Crippen molar-refractivity contribution in [1.82, 2.24) is 25.0 Å². The Morgan fingerprint density at radius 2 is 2.00 bits per heavy atom. The van der Waals surface area contributed by atoms with E-state index >= 15 is 0 Å². The minimum absolute atomic E-state index is 0.0298. The molecule has 158 valence electrons. The van der Waals surface area contributed by atoms with Crippen LogP contribution in [-0.2, 0) is 7.05 Å². The van der Waals surface area contributed by atoms with Gasteiger partial charge in [0.2, 0.25) is 0 Å². The molecule has 0 bridgehead atoms. The first-order valence-corrected chi connectivity index (χ1v) is 10.4. The third-order valence-electron chi connectivity index (χ3n) is 5.75. The molecule has 3 aromatic heterocycles. The summed E-state index contributed by atoms with van der Waals surface area (Å²) in [4.78, 5) is 6.63. The summed E-state index contributed by atoms with van der Waals surface area (Å²) in [6.45, 7) is 4.20. The molecule has 0 aliphatic carbocycles. The van der Waals surface area contributed by atoms with Crippen LogP contribution in [0.3, 0.4) is 0 Å². The lowest BCUT2D eigenvalue weighted by Crippen LogP contribution is -2.34. The number of halogens is 1. The lowest BCUT2D eigenvalue weighted by atomic mass is 10.0. The smallest absolute Gasteiger partial charge is 0.151 e. The van der Waals surface area contributed by atoms with Crippen molar-refractivity contribution in [1.29, 1.82) is 0 Å². The fourth-order valence-electron chi connectivity index (χ4n) is 4.20. The fraction of sp³-hybridized carbons (Fsp3) is 0.304. The number of benzene rings is 1. The molecule has 31 heavy (non-hydrogen) atoms. The number of aromatic hydroxyl groups is 1. The molecule has 0 spiro atoms. The van der Waals surface area contributed by atoms with Crippen LogP contribution in [0, 0.1) is 11.7 Å². The van der Waals surface area contributed by atoms with E-state index in [-0.39, 0.29) is 5.75 Å². The number of anilines is 1. The second-order valence-electron chi connectivity index (χ2n) is 8.26. The van der Waals surface area contributed by atoms with Crippen molar-refractivity contribution in [2.24, 2.45) is 13.0 Å². The average Bonchev–Trinajstić information content (AvgIpc) is 3.15. The van der Waals surface area contributed by atoms with Crippen molar-refractivity contribution in [3.05, 3.63) is 48.5 Å². The van der Waals surface area contributed by atoms with E-state index < -0.39 is 5.82 Å². The molecular formula is C23H23FN6O. The topological polar surface area (TPSA) is 80.0 Å². The summed E-state index contributed by atoms with van der Waals surface area (Å²) in [7, 11) is 1.75. The number of rotatable bonds is 3. The van der Waals surface area contributed by atoms with Crippen molar-refractivity contribution in [2.75, 3.05) is 18.0 Å². The predicted octanol–water partition coefficient (Wildman–Crippen LogP) is 4.17. The highest BCUT2D eigenvalue weighted by Crippen LogP contribution is 2.32. The van der Waals surface area contributed by atoms with Gasteiger partial charge in [0.1, 0.15) is 22.7 Å². The molecule has 0 saturated carbocycles. The van der Waals surface area contributed by atoms with E-state index in [4.69, 9.17) is 0 Å². The average molecular weight is 418 g/mol. The molecule has 1 saturated heterocycles. The first-order chi connectivity index (χ1) is 15.0. The van der Waals surface area contributed by atoms with Crippen LogP contribution in [0.5, 0.6) is 5.75 Å². The quantitative estimate of drug-likeness (QED) is 0.538. The van der Waals surface area contributed by atoms with Crippen LogP contribution in [0.25, 0.3) is 33.4 Å². The van der Waals surface area contributed by atoms with Crippen LogP contribution < -0.4 is 4.90 Å². The fourth-order valence-corrected chi connectivity index (χ4v) is 4.20. The Morgan fingerprint density at radius 3 is 2.74 bits per heavy atom. The van der Waals surface area contributed by atoms with E-state index in [9.17, 15) is 9.50 Å². The minimum Gasteiger partial charge on any atom is -0.506 e. The number of piperidine rings is 1. The molecule has 1 aliphatic rings. The van der Waals surface area contributed by atoms with Crippen molar-refractivity contribution in [3.63, 3.8) is 0 Å². The van der Waals surface area contributed by atoms with Gasteiger partial charge in [0.15, 0.2) is 11.6 Å². The molecule has 4 aromatic rings. The van der Waals surface area contributed by atoms with Gasteiger partial charge in [-0.1, -0.05) is 6.92 Å². The lowest BCUT2D eigenvalue weighted by molar-refractivity contribution is 0.443. The van der Waals surface area contributed by atoms with E-state index in [1.165, 1.54) is 12.5 Å². The van der Waals surface area contributed by atoms with Gasteiger partial charge in [0.25, 0.3) is 0 Å². The van der Waals surface area contributed by atoms with Crippen LogP contribution in [0.2, 0.25) is 0 Å². The highest BCUT2D eigenvalue weighted by molar-refractivity contribution is 5.85. The number of fused-ring (bicyclic) bond motifs is 1. The number of hydrogen-bond donors (Lipinski definition) is 1. The lowest BCUT2D eigenvalue weighted by Gasteiger charge is -2.31. The van der Waals surface area contributed by atoms with Crippen LogP contribution in [0.1, 0.15) is 19.8 Å². The number of aryl methyl sites for hydroxylation is 1. The molecule has 1 aromatic carbocycles. The van der Waals surface area contributed by atoms with E-state index in [1.807, 2.05) is 18.2 Å². The Morgan fingerprint density at radius 1 is 1.13 bits per heavy atom. The maximum atomic E-state index is 14.4. The van der Waals surface area contributed by atoms with Crippen LogP contribution in [0.4, 0.5) is 10.2 Å². The van der Waals surface area contributed by atoms with Gasteiger partial charge in [-0.05, 0) is 54.7 Å². The second kappa shape index (κ2) is 7.61. The first-order valence-electron chi connectivity index (χ1n) is 10.4. The predicted molar refractivity (Wildman–Crippen MR) is 117 cm³/mol. The van der Waals surface area contributed by atoms with E-state index in [0.29, 0.717) is 39.3 Å². The van der Waals surface area contributed by atoms with Crippen molar-refractivity contribution in [2.45, 2.75) is 19.8 Å². The molecular weight excluding hydrogens is 395 g/mol. The molecule has 8 heteroatoms. The highest BCUT2D eigenvalue weighted by atomic mass is 19.1. The van der Waals surface area contributed by atoms with E-state index in [0.717, 1.165) is 25.3 Å². The van der Waals surface area contributed by atoms with Gasteiger partial charge >= 0.3 is 0 Å². The van der Waals surface area contributed by atoms with Gasteiger partial charge in [0.05, 0.1) is 0 Å². The van der Waals surface area contributed by atoms with Gasteiger partial charge in [-0.3, -0.25) is 4.68 Å². The SMILES string of the molecule is C[C@H]1CCCN(c2ccc(-c3ncc(-c4cc(F)c5nn(C)cc5c4)cc3O)nn2)C1. The van der Waals surface area contributed by atoms with Gasteiger partial charge in [0, 0.05) is 43.5 Å². The monoisotopic (exact) mass is 418 g/mol. The molecule has 5 rings (SSSR count). The normalized spacial score (nSPS) is 16.7. The van der Waals surface area contributed by atoms with Crippen LogP contribution in [0.15, 0.2) is 42.7 Å². The molecule has 0 unspecified atom stereocenters. The molecule has 1 aliphatic heterocycles. The Kier molecular flexibility index (Phi) is 4.77. The Bertz CT molecular complexity index is 1250. The highest BCUT2D eigenvalue weighted by Gasteiger charge is 2.19. The third-order valence-corrected chi connectivity index (χ3v) is 5.75. The summed E-state index contributed by atoms with van der Waals surface area (Å²) in [5.74, 6) is 1.04. The molecule has 1 N–H and O–H groups in total. The number of hydrogen-bond acceptors (Lipinski definition) is 6. The summed E-state index contributed by atoms with van der Waals surface area (Å²) < 4.78 is 16.0. The Balaban J connectivity index is 1.43. The third kappa shape index (κ3) is 3.69. The standard InChI is InChI=1S/C23H23FN6O/c1-14-4-3-7-30(12-14)21-6-5-19(26-27-21)23-20(31)10-16(11-25-23)15-8-17-13-29(2)28-22(17)18(24)9-15/h5-6,8-11,13-14,31H,3-4,7,12H2,1-2H3/t14-/m0/s1. The zero-order chi connectivity index (χ0) is 21.5. The maximum Gasteiger partial charge on any atom is 0.151 e. The molecule has 0 radical (unpaired) electrons. The second-order valence-corrected chi connectivity index (χ2v) is 8.26. The van der Waals surface area contributed by atoms with Gasteiger partial charge in [-0.15, -0.1) is 10.2 Å². The number of pyridine rings is 1. The molecule has 1 fully saturated rings. The van der Waals surface area contributed by atoms with Crippen molar-refractivity contribution < 1.29 is 9.50 Å². The summed E-state index contributed by atoms with van der Waals surface area (Å²) in [5, 5.41) is 24.0. The summed E-state index contributed by atoms with van der Waals surface area (Å²) >= 11 is 0. The Labute approximate surface area is 179 Å². The van der Waals surface area contributed by atoms with Crippen molar-refractivity contribution >= 4 is 16.7 Å². The zero-order valence-electron chi connectivity index (χ0n) is 17.5. The molecule has 7 nitrogen and oxygen atoms in total. The Hall–Kier alpha value is -3.55. The van der Waals surface area contributed by atoms with Gasteiger partial charge < -0.3 is 10.0 Å². The molecule has 1 atom stereocenters. The largest absolute Gasteiger partial charge is 0.506 e. The molecule has 4 heterocycles. The van der Waals surface area contributed by atoms with Gasteiger partial charge in [-0.25, -0.2) is 9.37 Å².